The molecule has 1 aromatic heterocycles. The average Bonchev–Trinajstić information content (AvgIpc) is 2.27. The third kappa shape index (κ3) is 2.75. The molecule has 86 valence electrons. The summed E-state index contributed by atoms with van der Waals surface area (Å²) in [5, 5.41) is 8.41. The minimum absolute atomic E-state index is 0.254. The molecule has 0 saturated carbocycles. The number of aliphatic carboxylic acids is 1. The van der Waals surface area contributed by atoms with Gasteiger partial charge in [-0.05, 0) is 12.1 Å². The summed E-state index contributed by atoms with van der Waals surface area (Å²) >= 11 is 0. The molecular weight excluding hydrogens is 224 g/mol. The van der Waals surface area contributed by atoms with Crippen LogP contribution in [0, 0.1) is 0 Å². The lowest BCUT2D eigenvalue weighted by atomic mass is 10.3. The van der Waals surface area contributed by atoms with Gasteiger partial charge in [-0.1, -0.05) is 0 Å². The van der Waals surface area contributed by atoms with E-state index in [-0.39, 0.29) is 5.75 Å². The van der Waals surface area contributed by atoms with E-state index in [9.17, 15) is 9.59 Å². The predicted octanol–water partition coefficient (Wildman–Crippen LogP) is 1.01. The molecule has 0 aliphatic heterocycles. The third-order valence-corrected chi connectivity index (χ3v) is 1.97. The summed E-state index contributed by atoms with van der Waals surface area (Å²) in [5.74, 6) is -1.79. The molecule has 0 fully saturated rings. The van der Waals surface area contributed by atoms with Gasteiger partial charge in [0.05, 0.1) is 11.0 Å². The van der Waals surface area contributed by atoms with Crippen molar-refractivity contribution in [1.29, 1.82) is 0 Å². The van der Waals surface area contributed by atoms with Crippen molar-refractivity contribution in [2.45, 2.75) is 6.42 Å². The number of rotatable bonds is 3. The van der Waals surface area contributed by atoms with E-state index in [0.717, 1.165) is 0 Å². The van der Waals surface area contributed by atoms with Gasteiger partial charge in [-0.15, -0.1) is 0 Å². The first-order chi connectivity index (χ1) is 8.15. The third-order valence-electron chi connectivity index (χ3n) is 1.97. The number of hydrogen-bond acceptors (Lipinski definition) is 5. The van der Waals surface area contributed by atoms with Crippen LogP contribution in [0.5, 0.6) is 5.75 Å². The topological polar surface area (TPSA) is 89.4 Å². The Labute approximate surface area is 95.9 Å². The van der Waals surface area contributed by atoms with Gasteiger partial charge in [-0.2, -0.15) is 0 Å². The van der Waals surface area contributed by atoms with Gasteiger partial charge in [-0.3, -0.25) is 19.6 Å². The molecule has 2 aromatic rings. The van der Waals surface area contributed by atoms with Gasteiger partial charge in [0.15, 0.2) is 0 Å². The summed E-state index contributed by atoms with van der Waals surface area (Å²) in [6.45, 7) is 0. The van der Waals surface area contributed by atoms with E-state index in [2.05, 4.69) is 9.97 Å². The minimum Gasteiger partial charge on any atom is -0.481 e. The number of carbonyl (C=O) groups excluding carboxylic acids is 1. The normalized spacial score (nSPS) is 10.1. The van der Waals surface area contributed by atoms with Crippen LogP contribution < -0.4 is 4.74 Å². The van der Waals surface area contributed by atoms with Crippen LogP contribution in [-0.4, -0.2) is 27.0 Å². The van der Waals surface area contributed by atoms with Crippen LogP contribution in [0.15, 0.2) is 30.6 Å². The Bertz CT molecular complexity index is 582. The Hall–Kier alpha value is -2.50. The lowest BCUT2D eigenvalue weighted by Crippen LogP contribution is -2.13. The molecule has 0 aliphatic rings. The smallest absolute Gasteiger partial charge is 0.322 e. The highest BCUT2D eigenvalue weighted by atomic mass is 16.5. The molecular formula is C11H8N2O4. The van der Waals surface area contributed by atoms with E-state index < -0.39 is 18.4 Å². The predicted molar refractivity (Wildman–Crippen MR) is 57.4 cm³/mol. The van der Waals surface area contributed by atoms with Crippen LogP contribution in [0.2, 0.25) is 0 Å². The van der Waals surface area contributed by atoms with Gasteiger partial charge in [0.1, 0.15) is 12.2 Å². The Morgan fingerprint density at radius 1 is 1.18 bits per heavy atom. The second-order valence-electron chi connectivity index (χ2n) is 3.25. The molecule has 1 heterocycles. The molecule has 0 radical (unpaired) electrons. The van der Waals surface area contributed by atoms with Crippen molar-refractivity contribution in [3.8, 4) is 5.75 Å². The minimum atomic E-state index is -1.23. The number of nitrogens with zero attached hydrogens (tertiary/aromatic N) is 2. The molecule has 6 heteroatoms. The van der Waals surface area contributed by atoms with Crippen LogP contribution in [-0.2, 0) is 9.59 Å². The molecule has 2 rings (SSSR count). The summed E-state index contributed by atoms with van der Waals surface area (Å²) in [6.07, 6.45) is 2.40. The van der Waals surface area contributed by atoms with Crippen molar-refractivity contribution < 1.29 is 19.4 Å². The Balaban J connectivity index is 2.19. The highest BCUT2D eigenvalue weighted by Crippen LogP contribution is 2.17. The van der Waals surface area contributed by atoms with Crippen LogP contribution in [0.4, 0.5) is 0 Å². The average molecular weight is 232 g/mol. The van der Waals surface area contributed by atoms with E-state index in [4.69, 9.17) is 9.84 Å². The number of aromatic nitrogens is 2. The molecule has 1 N–H and O–H groups in total. The van der Waals surface area contributed by atoms with Crippen LogP contribution >= 0.6 is 0 Å². The molecule has 0 spiro atoms. The van der Waals surface area contributed by atoms with E-state index in [0.29, 0.717) is 11.0 Å². The van der Waals surface area contributed by atoms with Crippen molar-refractivity contribution >= 4 is 23.0 Å². The number of fused-ring (bicyclic) bond motifs is 1. The molecule has 1 aromatic carbocycles. The molecule has 0 unspecified atom stereocenters. The highest BCUT2D eigenvalue weighted by molar-refractivity contribution is 5.91. The van der Waals surface area contributed by atoms with E-state index >= 15 is 0 Å². The lowest BCUT2D eigenvalue weighted by molar-refractivity contribution is -0.145. The number of carboxylic acids is 1. The van der Waals surface area contributed by atoms with Gasteiger partial charge in [-0.25, -0.2) is 0 Å². The zero-order chi connectivity index (χ0) is 12.3. The maximum absolute atomic E-state index is 11.1. The maximum Gasteiger partial charge on any atom is 0.322 e. The maximum atomic E-state index is 11.1. The fourth-order valence-corrected chi connectivity index (χ4v) is 1.30. The number of carbonyl (C=O) groups is 2. The monoisotopic (exact) mass is 232 g/mol. The second kappa shape index (κ2) is 4.56. The summed E-state index contributed by atoms with van der Waals surface area (Å²) in [6, 6.07) is 4.71. The lowest BCUT2D eigenvalue weighted by Gasteiger charge is -2.03. The van der Waals surface area contributed by atoms with Crippen molar-refractivity contribution in [1.82, 2.24) is 9.97 Å². The van der Waals surface area contributed by atoms with Crippen LogP contribution in [0.3, 0.4) is 0 Å². The van der Waals surface area contributed by atoms with E-state index in [1.807, 2.05) is 0 Å². The standard InChI is InChI=1S/C11H8N2O4/c14-10(15)6-11(16)17-7-1-2-8-9(5-7)13-4-3-12-8/h1-5H,6H2,(H,14,15). The number of hydrogen-bond donors (Lipinski definition) is 1. The van der Waals surface area contributed by atoms with Gasteiger partial charge in [0.2, 0.25) is 0 Å². The quantitative estimate of drug-likeness (QED) is 0.482. The van der Waals surface area contributed by atoms with E-state index in [1.165, 1.54) is 18.3 Å². The first kappa shape index (κ1) is 11.0. The van der Waals surface area contributed by atoms with Gasteiger partial charge in [0, 0.05) is 18.5 Å². The van der Waals surface area contributed by atoms with Crippen LogP contribution in [0.1, 0.15) is 6.42 Å². The van der Waals surface area contributed by atoms with Gasteiger partial charge >= 0.3 is 11.9 Å². The highest BCUT2D eigenvalue weighted by Gasteiger charge is 2.10. The fraction of sp³-hybridized carbons (Fsp3) is 0.0909. The van der Waals surface area contributed by atoms with Crippen LogP contribution in [0.25, 0.3) is 11.0 Å². The number of ether oxygens (including phenoxy) is 1. The SMILES string of the molecule is O=C(O)CC(=O)Oc1ccc2nccnc2c1. The largest absolute Gasteiger partial charge is 0.481 e. The molecule has 0 atom stereocenters. The van der Waals surface area contributed by atoms with Crippen molar-refractivity contribution in [2.24, 2.45) is 0 Å². The summed E-state index contributed by atoms with van der Waals surface area (Å²) in [4.78, 5) is 29.5. The number of carboxylic acid groups (broad SMARTS) is 1. The van der Waals surface area contributed by atoms with Gasteiger partial charge < -0.3 is 9.84 Å². The van der Waals surface area contributed by atoms with Gasteiger partial charge in [0.25, 0.3) is 0 Å². The Kier molecular flexibility index (Phi) is 2.95. The molecule has 0 bridgehead atoms. The summed E-state index contributed by atoms with van der Waals surface area (Å²) in [5.41, 5.74) is 1.25. The first-order valence-electron chi connectivity index (χ1n) is 4.78. The number of benzene rings is 1. The summed E-state index contributed by atoms with van der Waals surface area (Å²) < 4.78 is 4.85. The zero-order valence-corrected chi connectivity index (χ0v) is 8.66. The fourth-order valence-electron chi connectivity index (χ4n) is 1.30. The number of esters is 1. The molecule has 0 aliphatic carbocycles. The Morgan fingerprint density at radius 2 is 1.88 bits per heavy atom. The van der Waals surface area contributed by atoms with Crippen molar-refractivity contribution in [3.05, 3.63) is 30.6 Å². The van der Waals surface area contributed by atoms with Crippen molar-refractivity contribution in [2.75, 3.05) is 0 Å². The summed E-state index contributed by atoms with van der Waals surface area (Å²) in [7, 11) is 0. The Morgan fingerprint density at radius 3 is 2.59 bits per heavy atom. The molecule has 0 saturated heterocycles. The molecule has 17 heavy (non-hydrogen) atoms. The molecule has 0 amide bonds. The second-order valence-corrected chi connectivity index (χ2v) is 3.25. The van der Waals surface area contributed by atoms with Crippen molar-refractivity contribution in [3.63, 3.8) is 0 Å². The zero-order valence-electron chi connectivity index (χ0n) is 8.66. The van der Waals surface area contributed by atoms with E-state index in [1.54, 1.807) is 12.3 Å². The molecule has 6 nitrogen and oxygen atoms in total. The first-order valence-corrected chi connectivity index (χ1v) is 4.78.